The Hall–Kier alpha value is -2.58. The first-order valence-electron chi connectivity index (χ1n) is 6.52. The van der Waals surface area contributed by atoms with Crippen LogP contribution in [0.5, 0.6) is 5.75 Å². The molecule has 0 bridgehead atoms. The Morgan fingerprint density at radius 2 is 2.00 bits per heavy atom. The van der Waals surface area contributed by atoms with Gasteiger partial charge < -0.3 is 10.4 Å². The van der Waals surface area contributed by atoms with Crippen molar-refractivity contribution in [2.24, 2.45) is 0 Å². The van der Waals surface area contributed by atoms with Crippen LogP contribution in [0.3, 0.4) is 0 Å². The quantitative estimate of drug-likeness (QED) is 0.651. The summed E-state index contributed by atoms with van der Waals surface area (Å²) in [4.78, 5) is 12.0. The Kier molecular flexibility index (Phi) is 5.34. The third-order valence-electron chi connectivity index (χ3n) is 2.94. The number of phenols is 1. The van der Waals surface area contributed by atoms with Gasteiger partial charge >= 0.3 is 0 Å². The molecule has 22 heavy (non-hydrogen) atoms. The van der Waals surface area contributed by atoms with Crippen LogP contribution in [-0.2, 0) is 11.3 Å². The van der Waals surface area contributed by atoms with Gasteiger partial charge in [0.05, 0.1) is 4.47 Å². The highest BCUT2D eigenvalue weighted by Gasteiger charge is 2.09. The number of hydrogen-bond acceptors (Lipinski definition) is 3. The Bertz CT molecular complexity index is 749. The van der Waals surface area contributed by atoms with Crippen molar-refractivity contribution in [2.45, 2.75) is 6.54 Å². The van der Waals surface area contributed by atoms with Crippen molar-refractivity contribution in [3.05, 3.63) is 69.7 Å². The normalized spacial score (nSPS) is 10.8. The molecule has 0 heterocycles. The minimum Gasteiger partial charge on any atom is -0.507 e. The van der Waals surface area contributed by atoms with E-state index in [1.54, 1.807) is 12.1 Å². The fourth-order valence-corrected chi connectivity index (χ4v) is 2.20. The van der Waals surface area contributed by atoms with Crippen LogP contribution in [0.2, 0.25) is 0 Å². The summed E-state index contributed by atoms with van der Waals surface area (Å²) in [7, 11) is 0. The van der Waals surface area contributed by atoms with Crippen LogP contribution >= 0.6 is 15.9 Å². The van der Waals surface area contributed by atoms with Gasteiger partial charge in [0.2, 0.25) is 0 Å². The molecule has 2 aromatic carbocycles. The van der Waals surface area contributed by atoms with E-state index in [0.29, 0.717) is 16.6 Å². The Morgan fingerprint density at radius 1 is 1.27 bits per heavy atom. The lowest BCUT2D eigenvalue weighted by Gasteiger charge is -2.05. The summed E-state index contributed by atoms with van der Waals surface area (Å²) in [6.45, 7) is 0.359. The third-order valence-corrected chi connectivity index (χ3v) is 3.58. The number of halogens is 1. The van der Waals surface area contributed by atoms with Crippen LogP contribution in [0.25, 0.3) is 6.08 Å². The van der Waals surface area contributed by atoms with Gasteiger partial charge in [-0.15, -0.1) is 0 Å². The van der Waals surface area contributed by atoms with Crippen molar-refractivity contribution in [3.63, 3.8) is 0 Å². The summed E-state index contributed by atoms with van der Waals surface area (Å²) in [6.07, 6.45) is 1.48. The number of carbonyl (C=O) groups is 1. The molecular formula is C17H13BrN2O2. The maximum atomic E-state index is 12.0. The Labute approximate surface area is 136 Å². The summed E-state index contributed by atoms with van der Waals surface area (Å²) in [5, 5.41) is 21.3. The van der Waals surface area contributed by atoms with Crippen LogP contribution in [0.1, 0.15) is 11.1 Å². The van der Waals surface area contributed by atoms with E-state index in [1.807, 2.05) is 36.4 Å². The number of nitriles is 1. The second kappa shape index (κ2) is 7.43. The van der Waals surface area contributed by atoms with Crippen LogP contribution in [-0.4, -0.2) is 11.0 Å². The molecule has 0 atom stereocenters. The van der Waals surface area contributed by atoms with Gasteiger partial charge in [-0.05, 0) is 45.3 Å². The molecule has 2 aromatic rings. The van der Waals surface area contributed by atoms with Crippen molar-refractivity contribution in [1.82, 2.24) is 5.32 Å². The van der Waals surface area contributed by atoms with E-state index >= 15 is 0 Å². The number of nitrogens with one attached hydrogen (secondary N) is 1. The molecule has 0 aliphatic heterocycles. The van der Waals surface area contributed by atoms with Crippen molar-refractivity contribution in [2.75, 3.05) is 0 Å². The van der Waals surface area contributed by atoms with E-state index in [2.05, 4.69) is 21.2 Å². The molecule has 0 aromatic heterocycles. The molecule has 0 spiro atoms. The van der Waals surface area contributed by atoms with Gasteiger partial charge in [-0.3, -0.25) is 4.79 Å². The van der Waals surface area contributed by atoms with Crippen molar-refractivity contribution >= 4 is 27.9 Å². The second-order valence-electron chi connectivity index (χ2n) is 4.55. The smallest absolute Gasteiger partial charge is 0.262 e. The molecule has 5 heteroatoms. The molecule has 0 saturated heterocycles. The summed E-state index contributed by atoms with van der Waals surface area (Å²) >= 11 is 3.19. The third kappa shape index (κ3) is 4.21. The van der Waals surface area contributed by atoms with E-state index in [4.69, 9.17) is 5.26 Å². The summed E-state index contributed by atoms with van der Waals surface area (Å²) in [5.74, 6) is -0.334. The van der Waals surface area contributed by atoms with Crippen LogP contribution in [0, 0.1) is 11.3 Å². The molecule has 110 valence electrons. The SMILES string of the molecule is N#C/C(=C\c1ccc(O)c(Br)c1)C(=O)NCc1ccccc1. The lowest BCUT2D eigenvalue weighted by atomic mass is 10.1. The highest BCUT2D eigenvalue weighted by atomic mass is 79.9. The molecule has 0 aliphatic carbocycles. The lowest BCUT2D eigenvalue weighted by molar-refractivity contribution is -0.117. The molecule has 0 aliphatic rings. The molecule has 2 N–H and O–H groups in total. The first-order chi connectivity index (χ1) is 10.6. The van der Waals surface area contributed by atoms with E-state index in [-0.39, 0.29) is 11.3 Å². The fraction of sp³-hybridized carbons (Fsp3) is 0.0588. The molecule has 0 fully saturated rings. The number of aromatic hydroxyl groups is 1. The highest BCUT2D eigenvalue weighted by molar-refractivity contribution is 9.10. The lowest BCUT2D eigenvalue weighted by Crippen LogP contribution is -2.23. The minimum atomic E-state index is -0.435. The molecular weight excluding hydrogens is 344 g/mol. The average Bonchev–Trinajstić information content (AvgIpc) is 2.54. The zero-order valence-electron chi connectivity index (χ0n) is 11.6. The Morgan fingerprint density at radius 3 is 2.64 bits per heavy atom. The van der Waals surface area contributed by atoms with Gasteiger partial charge in [-0.2, -0.15) is 5.26 Å². The van der Waals surface area contributed by atoms with Gasteiger partial charge in [0.15, 0.2) is 0 Å². The van der Waals surface area contributed by atoms with Crippen LogP contribution in [0.15, 0.2) is 58.6 Å². The zero-order chi connectivity index (χ0) is 15.9. The number of hydrogen-bond donors (Lipinski definition) is 2. The molecule has 2 rings (SSSR count). The predicted molar refractivity (Wildman–Crippen MR) is 87.7 cm³/mol. The number of benzene rings is 2. The first kappa shape index (κ1) is 15.8. The zero-order valence-corrected chi connectivity index (χ0v) is 13.2. The van der Waals surface area contributed by atoms with Gasteiger partial charge in [-0.1, -0.05) is 36.4 Å². The maximum Gasteiger partial charge on any atom is 0.262 e. The number of carbonyl (C=O) groups excluding carboxylic acids is 1. The van der Waals surface area contributed by atoms with Gasteiger partial charge in [0, 0.05) is 6.54 Å². The second-order valence-corrected chi connectivity index (χ2v) is 5.40. The Balaban J connectivity index is 2.10. The van der Waals surface area contributed by atoms with Crippen molar-refractivity contribution in [1.29, 1.82) is 5.26 Å². The van der Waals surface area contributed by atoms with Gasteiger partial charge in [0.1, 0.15) is 17.4 Å². The van der Waals surface area contributed by atoms with Crippen molar-refractivity contribution in [3.8, 4) is 11.8 Å². The van der Waals surface area contributed by atoms with E-state index in [0.717, 1.165) is 5.56 Å². The maximum absolute atomic E-state index is 12.0. The molecule has 1 amide bonds. The summed E-state index contributed by atoms with van der Waals surface area (Å²) in [6, 6.07) is 16.1. The van der Waals surface area contributed by atoms with E-state index in [1.165, 1.54) is 12.1 Å². The topological polar surface area (TPSA) is 73.1 Å². The van der Waals surface area contributed by atoms with Crippen LogP contribution < -0.4 is 5.32 Å². The fourth-order valence-electron chi connectivity index (χ4n) is 1.80. The number of rotatable bonds is 4. The minimum absolute atomic E-state index is 0.00789. The highest BCUT2D eigenvalue weighted by Crippen LogP contribution is 2.25. The van der Waals surface area contributed by atoms with Crippen molar-refractivity contribution < 1.29 is 9.90 Å². The van der Waals surface area contributed by atoms with Gasteiger partial charge in [-0.25, -0.2) is 0 Å². The monoisotopic (exact) mass is 356 g/mol. The molecule has 4 nitrogen and oxygen atoms in total. The summed E-state index contributed by atoms with van der Waals surface area (Å²) < 4.78 is 0.503. The summed E-state index contributed by atoms with van der Waals surface area (Å²) in [5.41, 5.74) is 1.62. The van der Waals surface area contributed by atoms with E-state index in [9.17, 15) is 9.90 Å². The number of amides is 1. The predicted octanol–water partition coefficient (Wildman–Crippen LogP) is 3.38. The van der Waals surface area contributed by atoms with Crippen LogP contribution in [0.4, 0.5) is 0 Å². The first-order valence-corrected chi connectivity index (χ1v) is 7.32. The molecule has 0 radical (unpaired) electrons. The standard InChI is InChI=1S/C17H13BrN2O2/c18-15-9-13(6-7-16(15)21)8-14(10-19)17(22)20-11-12-4-2-1-3-5-12/h1-9,21H,11H2,(H,20,22)/b14-8+. The van der Waals surface area contributed by atoms with Gasteiger partial charge in [0.25, 0.3) is 5.91 Å². The largest absolute Gasteiger partial charge is 0.507 e. The average molecular weight is 357 g/mol. The number of phenolic OH excluding ortho intramolecular Hbond substituents is 1. The van der Waals surface area contributed by atoms with E-state index < -0.39 is 5.91 Å². The molecule has 0 saturated carbocycles. The molecule has 0 unspecified atom stereocenters. The number of nitrogens with zero attached hydrogens (tertiary/aromatic N) is 1.